The topological polar surface area (TPSA) is 53.4 Å². The zero-order valence-electron chi connectivity index (χ0n) is 16.8. The minimum absolute atomic E-state index is 0.0243. The average Bonchev–Trinajstić information content (AvgIpc) is 3.18. The summed E-state index contributed by atoms with van der Waals surface area (Å²) in [6, 6.07) is 13.8. The lowest BCUT2D eigenvalue weighted by Crippen LogP contribution is -2.18. The van der Waals surface area contributed by atoms with Crippen molar-refractivity contribution in [3.63, 3.8) is 0 Å². The van der Waals surface area contributed by atoms with Crippen LogP contribution in [0, 0.1) is 13.8 Å². The predicted molar refractivity (Wildman–Crippen MR) is 109 cm³/mol. The Bertz CT molecular complexity index is 962. The normalized spacial score (nSPS) is 11.9. The Morgan fingerprint density at radius 2 is 1.96 bits per heavy atom. The van der Waals surface area contributed by atoms with Gasteiger partial charge in [-0.25, -0.2) is 14.3 Å². The summed E-state index contributed by atoms with van der Waals surface area (Å²) in [7, 11) is 0. The summed E-state index contributed by atoms with van der Waals surface area (Å²) in [5, 5.41) is 0. The molecule has 0 saturated heterocycles. The molecule has 0 N–H and O–H groups in total. The van der Waals surface area contributed by atoms with Crippen molar-refractivity contribution in [2.75, 3.05) is 6.61 Å². The van der Waals surface area contributed by atoms with E-state index < -0.39 is 6.09 Å². The molecule has 0 spiro atoms. The number of imidazole rings is 1. The van der Waals surface area contributed by atoms with Crippen LogP contribution in [0.3, 0.4) is 0 Å². The maximum Gasteiger partial charge on any atom is 0.419 e. The van der Waals surface area contributed by atoms with E-state index in [-0.39, 0.29) is 12.5 Å². The standard InChI is InChI=1S/C23H26N2O3/c1-5-27-20-10-7-9-19(14-20)15-28-23(26)25-13-12-24-22(25)18(4)21-11-6-8-16(2)17(21)3/h6-14,18H,5,15H2,1-4H3/t18-/m0/s1. The van der Waals surface area contributed by atoms with Gasteiger partial charge >= 0.3 is 6.09 Å². The molecule has 3 rings (SSSR count). The monoisotopic (exact) mass is 378 g/mol. The molecule has 0 aliphatic carbocycles. The highest BCUT2D eigenvalue weighted by molar-refractivity contribution is 5.71. The Labute approximate surface area is 165 Å². The number of aromatic nitrogens is 2. The highest BCUT2D eigenvalue weighted by Crippen LogP contribution is 2.27. The van der Waals surface area contributed by atoms with E-state index in [0.29, 0.717) is 12.4 Å². The van der Waals surface area contributed by atoms with Crippen LogP contribution >= 0.6 is 0 Å². The van der Waals surface area contributed by atoms with Crippen LogP contribution in [0.15, 0.2) is 54.9 Å². The Hall–Kier alpha value is -3.08. The number of carbonyl (C=O) groups is 1. The zero-order chi connectivity index (χ0) is 20.1. The molecule has 2 aromatic carbocycles. The summed E-state index contributed by atoms with van der Waals surface area (Å²) in [5.74, 6) is 1.41. The van der Waals surface area contributed by atoms with Gasteiger partial charge in [-0.3, -0.25) is 0 Å². The Morgan fingerprint density at radius 3 is 2.75 bits per heavy atom. The van der Waals surface area contributed by atoms with Crippen molar-refractivity contribution in [2.24, 2.45) is 0 Å². The molecule has 0 aliphatic heterocycles. The quantitative estimate of drug-likeness (QED) is 0.589. The van der Waals surface area contributed by atoms with Crippen molar-refractivity contribution < 1.29 is 14.3 Å². The van der Waals surface area contributed by atoms with Gasteiger partial charge in [-0.2, -0.15) is 0 Å². The second kappa shape index (κ2) is 8.74. The maximum atomic E-state index is 12.7. The largest absolute Gasteiger partial charge is 0.494 e. The summed E-state index contributed by atoms with van der Waals surface area (Å²) in [4.78, 5) is 17.1. The molecule has 0 unspecified atom stereocenters. The molecule has 0 bridgehead atoms. The van der Waals surface area contributed by atoms with Crippen LogP contribution in [0.25, 0.3) is 0 Å². The molecule has 1 aromatic heterocycles. The van der Waals surface area contributed by atoms with Gasteiger partial charge in [0.15, 0.2) is 0 Å². The summed E-state index contributed by atoms with van der Waals surface area (Å²) in [6.45, 7) is 8.94. The minimum Gasteiger partial charge on any atom is -0.494 e. The van der Waals surface area contributed by atoms with E-state index in [1.54, 1.807) is 12.4 Å². The van der Waals surface area contributed by atoms with E-state index in [1.165, 1.54) is 15.7 Å². The Kier molecular flexibility index (Phi) is 6.14. The number of hydrogen-bond donors (Lipinski definition) is 0. The number of benzene rings is 2. The molecule has 1 heterocycles. The van der Waals surface area contributed by atoms with Gasteiger partial charge in [0.2, 0.25) is 0 Å². The summed E-state index contributed by atoms with van der Waals surface area (Å²) >= 11 is 0. The Morgan fingerprint density at radius 1 is 1.18 bits per heavy atom. The van der Waals surface area contributed by atoms with Crippen LogP contribution in [0.5, 0.6) is 5.75 Å². The minimum atomic E-state index is -0.438. The fraction of sp³-hybridized carbons (Fsp3) is 0.304. The van der Waals surface area contributed by atoms with Gasteiger partial charge in [-0.05, 0) is 55.2 Å². The number of ether oxygens (including phenoxy) is 2. The molecule has 5 nitrogen and oxygen atoms in total. The SMILES string of the molecule is CCOc1cccc(COC(=O)n2ccnc2[C@@H](C)c2cccc(C)c2C)c1. The lowest BCUT2D eigenvalue weighted by Gasteiger charge is -2.17. The fourth-order valence-electron chi connectivity index (χ4n) is 3.28. The van der Waals surface area contributed by atoms with Crippen molar-refractivity contribution in [3.8, 4) is 5.75 Å². The van der Waals surface area contributed by atoms with Gasteiger partial charge in [0.05, 0.1) is 6.61 Å². The van der Waals surface area contributed by atoms with Crippen molar-refractivity contribution in [3.05, 3.63) is 82.9 Å². The van der Waals surface area contributed by atoms with Gasteiger partial charge in [0.1, 0.15) is 18.2 Å². The van der Waals surface area contributed by atoms with E-state index in [1.807, 2.05) is 37.3 Å². The van der Waals surface area contributed by atoms with E-state index >= 15 is 0 Å². The van der Waals surface area contributed by atoms with Crippen molar-refractivity contribution in [1.29, 1.82) is 0 Å². The van der Waals surface area contributed by atoms with Crippen LogP contribution in [0.4, 0.5) is 4.79 Å². The molecule has 146 valence electrons. The average molecular weight is 378 g/mol. The molecular weight excluding hydrogens is 352 g/mol. The number of rotatable bonds is 6. The zero-order valence-corrected chi connectivity index (χ0v) is 16.8. The fourth-order valence-corrected chi connectivity index (χ4v) is 3.28. The Balaban J connectivity index is 1.75. The first kappa shape index (κ1) is 19.7. The third-order valence-corrected chi connectivity index (χ3v) is 4.94. The first-order valence-electron chi connectivity index (χ1n) is 9.49. The van der Waals surface area contributed by atoms with Crippen LogP contribution in [0.2, 0.25) is 0 Å². The van der Waals surface area contributed by atoms with Crippen LogP contribution in [0.1, 0.15) is 47.8 Å². The number of aryl methyl sites for hydroxylation is 1. The number of hydrogen-bond acceptors (Lipinski definition) is 4. The highest BCUT2D eigenvalue weighted by atomic mass is 16.5. The molecule has 0 fully saturated rings. The van der Waals surface area contributed by atoms with Gasteiger partial charge in [0, 0.05) is 18.3 Å². The van der Waals surface area contributed by atoms with Crippen molar-refractivity contribution in [1.82, 2.24) is 9.55 Å². The molecule has 0 aliphatic rings. The molecule has 0 saturated carbocycles. The van der Waals surface area contributed by atoms with Gasteiger partial charge < -0.3 is 9.47 Å². The van der Waals surface area contributed by atoms with Crippen LogP contribution in [-0.4, -0.2) is 22.3 Å². The molecule has 0 radical (unpaired) electrons. The van der Waals surface area contributed by atoms with E-state index in [4.69, 9.17) is 9.47 Å². The van der Waals surface area contributed by atoms with E-state index in [2.05, 4.69) is 37.9 Å². The second-order valence-corrected chi connectivity index (χ2v) is 6.80. The molecule has 28 heavy (non-hydrogen) atoms. The van der Waals surface area contributed by atoms with Crippen molar-refractivity contribution >= 4 is 6.09 Å². The highest BCUT2D eigenvalue weighted by Gasteiger charge is 2.20. The maximum absolute atomic E-state index is 12.7. The predicted octanol–water partition coefficient (Wildman–Crippen LogP) is 5.24. The van der Waals surface area contributed by atoms with Gasteiger partial charge in [-0.1, -0.05) is 37.3 Å². The van der Waals surface area contributed by atoms with E-state index in [0.717, 1.165) is 16.9 Å². The summed E-state index contributed by atoms with van der Waals surface area (Å²) < 4.78 is 12.5. The second-order valence-electron chi connectivity index (χ2n) is 6.80. The molecule has 0 amide bonds. The third-order valence-electron chi connectivity index (χ3n) is 4.94. The lowest BCUT2D eigenvalue weighted by molar-refractivity contribution is 0.140. The number of nitrogens with zero attached hydrogens (tertiary/aromatic N) is 2. The first-order chi connectivity index (χ1) is 13.5. The summed E-state index contributed by atoms with van der Waals surface area (Å²) in [5.41, 5.74) is 4.47. The summed E-state index contributed by atoms with van der Waals surface area (Å²) in [6.07, 6.45) is 2.84. The molecule has 5 heteroatoms. The smallest absolute Gasteiger partial charge is 0.419 e. The lowest BCUT2D eigenvalue weighted by atomic mass is 9.93. The first-order valence-corrected chi connectivity index (χ1v) is 9.49. The van der Waals surface area contributed by atoms with Gasteiger partial charge in [0.25, 0.3) is 0 Å². The van der Waals surface area contributed by atoms with E-state index in [9.17, 15) is 4.79 Å². The number of carbonyl (C=O) groups excluding carboxylic acids is 1. The van der Waals surface area contributed by atoms with Crippen molar-refractivity contribution in [2.45, 2.75) is 40.2 Å². The molecular formula is C23H26N2O3. The molecule has 1 atom stereocenters. The van der Waals surface area contributed by atoms with Crippen LogP contribution < -0.4 is 4.74 Å². The molecule has 3 aromatic rings. The van der Waals surface area contributed by atoms with Crippen LogP contribution in [-0.2, 0) is 11.3 Å². The van der Waals surface area contributed by atoms with Gasteiger partial charge in [-0.15, -0.1) is 0 Å². The third kappa shape index (κ3) is 4.25.